The highest BCUT2D eigenvalue weighted by atomic mass is 16.7. The van der Waals surface area contributed by atoms with Gasteiger partial charge in [-0.1, -0.05) is 20.8 Å². The first kappa shape index (κ1) is 40.6. The Morgan fingerprint density at radius 2 is 1.73 bits per heavy atom. The molecule has 0 radical (unpaired) electrons. The molecule has 13 atom stereocenters. The van der Waals surface area contributed by atoms with Crippen molar-refractivity contribution in [2.75, 3.05) is 41.3 Å². The second kappa shape index (κ2) is 16.4. The number of cyclic esters (lactones) is 1. The third kappa shape index (κ3) is 8.88. The molecule has 13 nitrogen and oxygen atoms in total. The van der Waals surface area contributed by atoms with Gasteiger partial charge in [-0.15, -0.1) is 0 Å². The number of alkyl carbamates (subject to hydrolysis) is 1. The highest BCUT2D eigenvalue weighted by Gasteiger charge is 2.55. The van der Waals surface area contributed by atoms with Crippen molar-refractivity contribution in [2.45, 2.75) is 148 Å². The smallest absolute Gasteiger partial charge is 0.408 e. The van der Waals surface area contributed by atoms with Crippen LogP contribution in [0.1, 0.15) is 81.6 Å². The number of likely N-dealkylation sites (N-methyl/N-ethyl adjacent to an activating group) is 2. The zero-order valence-corrected chi connectivity index (χ0v) is 31.6. The van der Waals surface area contributed by atoms with E-state index in [0.717, 1.165) is 0 Å². The fraction of sp³-hybridized carbons (Fsp3) is 0.914. The average molecular weight is 685 g/mol. The zero-order chi connectivity index (χ0) is 36.3. The quantitative estimate of drug-likeness (QED) is 0.255. The van der Waals surface area contributed by atoms with Crippen LogP contribution in [0.25, 0.3) is 0 Å². The average Bonchev–Trinajstić information content (AvgIpc) is 3.34. The summed E-state index contributed by atoms with van der Waals surface area (Å²) >= 11 is 0. The molecule has 3 rings (SSSR count). The summed E-state index contributed by atoms with van der Waals surface area (Å²) in [6, 6.07) is -0.681. The number of ketones is 1. The first-order chi connectivity index (χ1) is 22.3. The van der Waals surface area contributed by atoms with Crippen LogP contribution in [-0.4, -0.2) is 140 Å². The lowest BCUT2D eigenvalue weighted by Gasteiger charge is -2.47. The van der Waals surface area contributed by atoms with E-state index in [2.05, 4.69) is 36.3 Å². The SMILES string of the molecule is CC[C@@H]1OC(=O)[C@H](C)C(=O)[C@H](C)[C@@H](O[C@@H]2O[C@H](CN(C)C(C)C)CC(N(C)C)C2O)[C@](C)(OC)C[C@@H](C)CN[C@H](C)[C@H]2NC(=O)O[C@]12C. The maximum absolute atomic E-state index is 14.2. The number of hydrogen-bond acceptors (Lipinski definition) is 12. The summed E-state index contributed by atoms with van der Waals surface area (Å²) in [5.74, 6) is -3.06. The minimum Gasteiger partial charge on any atom is -0.458 e. The molecule has 13 heteroatoms. The third-order valence-corrected chi connectivity index (χ3v) is 11.1. The lowest BCUT2D eigenvalue weighted by molar-refractivity contribution is -0.299. The Morgan fingerprint density at radius 1 is 1.08 bits per heavy atom. The van der Waals surface area contributed by atoms with E-state index in [1.54, 1.807) is 21.0 Å². The van der Waals surface area contributed by atoms with Gasteiger partial charge in [-0.3, -0.25) is 9.59 Å². The van der Waals surface area contributed by atoms with Crippen LogP contribution in [-0.2, 0) is 33.3 Å². The number of hydrogen-bond donors (Lipinski definition) is 3. The van der Waals surface area contributed by atoms with Crippen molar-refractivity contribution in [1.29, 1.82) is 0 Å². The molecule has 3 heterocycles. The number of nitrogens with one attached hydrogen (secondary N) is 2. The Bertz CT molecular complexity index is 1110. The molecule has 0 aromatic heterocycles. The Morgan fingerprint density at radius 3 is 2.29 bits per heavy atom. The molecule has 3 saturated heterocycles. The number of nitrogens with zero attached hydrogens (tertiary/aromatic N) is 2. The number of aliphatic hydroxyl groups excluding tert-OH is 1. The molecule has 0 bridgehead atoms. The molecule has 0 spiro atoms. The highest BCUT2D eigenvalue weighted by molar-refractivity contribution is 6.00. The van der Waals surface area contributed by atoms with Crippen molar-refractivity contribution < 1.29 is 43.2 Å². The number of esters is 1. The van der Waals surface area contributed by atoms with Crippen molar-refractivity contribution >= 4 is 17.8 Å². The van der Waals surface area contributed by atoms with E-state index in [1.807, 2.05) is 46.8 Å². The second-order valence-corrected chi connectivity index (χ2v) is 15.4. The summed E-state index contributed by atoms with van der Waals surface area (Å²) < 4.78 is 31.2. The number of ether oxygens (including phenoxy) is 5. The lowest BCUT2D eigenvalue weighted by Crippen LogP contribution is -2.60. The molecule has 3 fully saturated rings. The van der Waals surface area contributed by atoms with Crippen molar-refractivity contribution in [1.82, 2.24) is 20.4 Å². The van der Waals surface area contributed by atoms with E-state index < -0.39 is 65.7 Å². The number of aliphatic hydroxyl groups is 1. The predicted octanol–water partition coefficient (Wildman–Crippen LogP) is 2.57. The molecule has 1 amide bonds. The summed E-state index contributed by atoms with van der Waals surface area (Å²) in [7, 11) is 7.47. The minimum absolute atomic E-state index is 0.0247. The third-order valence-electron chi connectivity index (χ3n) is 11.1. The van der Waals surface area contributed by atoms with Crippen LogP contribution in [0.2, 0.25) is 0 Å². The molecule has 2 unspecified atom stereocenters. The molecule has 48 heavy (non-hydrogen) atoms. The maximum atomic E-state index is 14.2. The number of amides is 1. The Hall–Kier alpha value is -1.87. The summed E-state index contributed by atoms with van der Waals surface area (Å²) in [5.41, 5.74) is -2.18. The van der Waals surface area contributed by atoms with Crippen LogP contribution < -0.4 is 10.6 Å². The number of carbonyl (C=O) groups is 3. The van der Waals surface area contributed by atoms with E-state index >= 15 is 0 Å². The Kier molecular flexibility index (Phi) is 13.9. The summed E-state index contributed by atoms with van der Waals surface area (Å²) in [4.78, 5) is 44.5. The van der Waals surface area contributed by atoms with Gasteiger partial charge in [0.25, 0.3) is 0 Å². The summed E-state index contributed by atoms with van der Waals surface area (Å²) in [5, 5.41) is 18.0. The number of fused-ring (bicyclic) bond motifs is 1. The topological polar surface area (TPSA) is 148 Å². The molecule has 0 aromatic carbocycles. The Labute approximate surface area is 288 Å². The Balaban J connectivity index is 2.03. The zero-order valence-electron chi connectivity index (χ0n) is 31.6. The number of carbonyl (C=O) groups excluding carboxylic acids is 3. The van der Waals surface area contributed by atoms with Gasteiger partial charge in [-0.25, -0.2) is 4.79 Å². The van der Waals surface area contributed by atoms with Gasteiger partial charge in [-0.05, 0) is 94.4 Å². The number of Topliss-reactive ketones (excluding diaryl/α,β-unsaturated/α-hetero) is 1. The van der Waals surface area contributed by atoms with Gasteiger partial charge in [0.15, 0.2) is 17.7 Å². The van der Waals surface area contributed by atoms with E-state index in [-0.39, 0.29) is 29.9 Å². The van der Waals surface area contributed by atoms with Gasteiger partial charge in [0.2, 0.25) is 0 Å². The molecule has 3 aliphatic rings. The number of methoxy groups -OCH3 is 1. The highest BCUT2D eigenvalue weighted by Crippen LogP contribution is 2.37. The van der Waals surface area contributed by atoms with Crippen molar-refractivity contribution in [3.8, 4) is 0 Å². The van der Waals surface area contributed by atoms with Crippen LogP contribution in [0.4, 0.5) is 4.79 Å². The van der Waals surface area contributed by atoms with Crippen molar-refractivity contribution in [3.63, 3.8) is 0 Å². The normalized spacial score (nSPS) is 42.2. The van der Waals surface area contributed by atoms with E-state index in [4.69, 9.17) is 23.7 Å². The maximum Gasteiger partial charge on any atom is 0.408 e. The van der Waals surface area contributed by atoms with Gasteiger partial charge in [0.1, 0.15) is 18.1 Å². The van der Waals surface area contributed by atoms with E-state index in [0.29, 0.717) is 38.4 Å². The molecule has 3 N–H and O–H groups in total. The van der Waals surface area contributed by atoms with E-state index in [1.165, 1.54) is 6.92 Å². The van der Waals surface area contributed by atoms with Crippen molar-refractivity contribution in [3.05, 3.63) is 0 Å². The van der Waals surface area contributed by atoms with Gasteiger partial charge in [-0.2, -0.15) is 0 Å². The van der Waals surface area contributed by atoms with Gasteiger partial charge in [0, 0.05) is 37.7 Å². The van der Waals surface area contributed by atoms with Gasteiger partial charge in [0.05, 0.1) is 23.9 Å². The molecule has 278 valence electrons. The molecule has 0 aromatic rings. The predicted molar refractivity (Wildman–Crippen MR) is 181 cm³/mol. The molecular weight excluding hydrogens is 620 g/mol. The standard InChI is InChI=1S/C35H64N4O9/c1-14-26-35(9)29(37-33(43)48-35)23(7)36-17-20(4)16-34(8,44-13)30(21(5)27(40)22(6)31(42)46-26)47-32-28(41)25(38(10)11)15-24(45-32)18-39(12)19(2)3/h19-26,28-30,32,36,41H,14-18H2,1-13H3,(H,37,43)/t20-,21+,22-,23-,24+,25?,26+,28?,29-,30-,32+,34-,35-/m1/s1. The first-order valence-electron chi connectivity index (χ1n) is 17.7. The summed E-state index contributed by atoms with van der Waals surface area (Å²) in [6.07, 6.45) is -3.07. The molecule has 0 aliphatic carbocycles. The fourth-order valence-electron chi connectivity index (χ4n) is 7.67. The van der Waals surface area contributed by atoms with Crippen LogP contribution in [0.5, 0.6) is 0 Å². The largest absolute Gasteiger partial charge is 0.458 e. The van der Waals surface area contributed by atoms with Crippen LogP contribution >= 0.6 is 0 Å². The lowest BCUT2D eigenvalue weighted by atomic mass is 9.78. The monoisotopic (exact) mass is 684 g/mol. The van der Waals surface area contributed by atoms with Crippen LogP contribution in [0.15, 0.2) is 0 Å². The van der Waals surface area contributed by atoms with Gasteiger partial charge < -0.3 is 49.2 Å². The first-order valence-corrected chi connectivity index (χ1v) is 17.7. The van der Waals surface area contributed by atoms with Crippen molar-refractivity contribution in [2.24, 2.45) is 17.8 Å². The van der Waals surface area contributed by atoms with Gasteiger partial charge >= 0.3 is 12.1 Å². The number of rotatable bonds is 8. The molecule has 3 aliphatic heterocycles. The second-order valence-electron chi connectivity index (χ2n) is 15.4. The molecule has 0 saturated carbocycles. The fourth-order valence-corrected chi connectivity index (χ4v) is 7.67. The molecular formula is C35H64N4O9. The minimum atomic E-state index is -1.16. The van der Waals surface area contributed by atoms with E-state index in [9.17, 15) is 19.5 Å². The van der Waals surface area contributed by atoms with Crippen LogP contribution in [0.3, 0.4) is 0 Å². The van der Waals surface area contributed by atoms with Crippen LogP contribution in [0, 0.1) is 17.8 Å². The summed E-state index contributed by atoms with van der Waals surface area (Å²) in [6.45, 7) is 18.3.